The zero-order chi connectivity index (χ0) is 8.55. The number of aromatic nitrogens is 2. The molecule has 0 saturated heterocycles. The summed E-state index contributed by atoms with van der Waals surface area (Å²) in [6.07, 6.45) is 4.14. The number of fused-ring (bicyclic) bond motifs is 1. The van der Waals surface area contributed by atoms with E-state index in [2.05, 4.69) is 32.6 Å². The van der Waals surface area contributed by atoms with Gasteiger partial charge in [0, 0.05) is 35.2 Å². The first kappa shape index (κ1) is 8.10. The van der Waals surface area contributed by atoms with Gasteiger partial charge in [0.1, 0.15) is 0 Å². The molecule has 0 aliphatic heterocycles. The molecule has 0 unspecified atom stereocenters. The molecule has 0 amide bonds. The van der Waals surface area contributed by atoms with E-state index in [0.717, 1.165) is 27.9 Å². The zero-order valence-corrected chi connectivity index (χ0v) is 8.54. The lowest BCUT2D eigenvalue weighted by Crippen LogP contribution is -2.13. The van der Waals surface area contributed by atoms with E-state index in [-0.39, 0.29) is 5.78 Å². The number of hydrogen-bond acceptors (Lipinski definition) is 3. The highest BCUT2D eigenvalue weighted by atomic mass is 127. The molecule has 1 heterocycles. The lowest BCUT2D eigenvalue weighted by molar-refractivity contribution is 0.0971. The number of rotatable bonds is 0. The van der Waals surface area contributed by atoms with Crippen LogP contribution in [0.2, 0.25) is 0 Å². The Labute approximate surface area is 83.7 Å². The minimum atomic E-state index is 0.188. The van der Waals surface area contributed by atoms with Crippen molar-refractivity contribution >= 4 is 28.4 Å². The van der Waals surface area contributed by atoms with Crippen molar-refractivity contribution in [2.24, 2.45) is 0 Å². The lowest BCUT2D eigenvalue weighted by Gasteiger charge is -2.11. The minimum absolute atomic E-state index is 0.188. The Morgan fingerprint density at radius 2 is 2.25 bits per heavy atom. The van der Waals surface area contributed by atoms with Crippen LogP contribution in [0.3, 0.4) is 0 Å². The monoisotopic (exact) mass is 274 g/mol. The van der Waals surface area contributed by atoms with Gasteiger partial charge in [-0.1, -0.05) is 0 Å². The fourth-order valence-corrected chi connectivity index (χ4v) is 1.80. The van der Waals surface area contributed by atoms with Gasteiger partial charge in [-0.2, -0.15) is 0 Å². The Hall–Kier alpha value is -0.520. The van der Waals surface area contributed by atoms with Crippen LogP contribution in [0.15, 0.2) is 6.20 Å². The maximum Gasteiger partial charge on any atom is 0.190 e. The molecule has 4 heteroatoms. The van der Waals surface area contributed by atoms with E-state index in [0.29, 0.717) is 6.42 Å². The number of carbonyl (C=O) groups excluding carboxylic acids is 1. The quantitative estimate of drug-likeness (QED) is 0.533. The third kappa shape index (κ3) is 1.35. The molecule has 0 bridgehead atoms. The number of aryl methyl sites for hydroxylation is 1. The molecule has 12 heavy (non-hydrogen) atoms. The molecule has 0 spiro atoms. The summed E-state index contributed by atoms with van der Waals surface area (Å²) in [5.74, 6) is 0.188. The summed E-state index contributed by atoms with van der Waals surface area (Å²) in [5.41, 5.74) is 1.65. The minimum Gasteiger partial charge on any atom is -0.294 e. The van der Waals surface area contributed by atoms with Gasteiger partial charge in [0.2, 0.25) is 0 Å². The van der Waals surface area contributed by atoms with Crippen molar-refractivity contribution in [2.45, 2.75) is 19.3 Å². The smallest absolute Gasteiger partial charge is 0.190 e. The Morgan fingerprint density at radius 1 is 1.42 bits per heavy atom. The van der Waals surface area contributed by atoms with Crippen LogP contribution in [0.5, 0.6) is 0 Å². The first-order valence-corrected chi connectivity index (χ1v) is 4.90. The molecule has 0 fully saturated rings. The molecule has 0 saturated carbocycles. The first-order chi connectivity index (χ1) is 5.77. The standard InChI is InChI=1S/C8H7IN2O/c9-8-10-4-5-6(11-8)2-1-3-7(5)12/h4H,1-3H2. The Balaban J connectivity index is 2.53. The van der Waals surface area contributed by atoms with Gasteiger partial charge in [0.15, 0.2) is 9.61 Å². The molecule has 0 atom stereocenters. The van der Waals surface area contributed by atoms with E-state index in [4.69, 9.17) is 0 Å². The van der Waals surface area contributed by atoms with Gasteiger partial charge in [-0.3, -0.25) is 4.79 Å². The summed E-state index contributed by atoms with van der Waals surface area (Å²) in [5, 5.41) is 0. The van der Waals surface area contributed by atoms with Crippen LogP contribution in [0.4, 0.5) is 0 Å². The average molecular weight is 274 g/mol. The van der Waals surface area contributed by atoms with E-state index >= 15 is 0 Å². The number of Topliss-reactive ketones (excluding diaryl/α,β-unsaturated/α-hetero) is 1. The van der Waals surface area contributed by atoms with Crippen LogP contribution in [-0.4, -0.2) is 15.8 Å². The first-order valence-electron chi connectivity index (χ1n) is 3.82. The molecule has 0 aromatic carbocycles. The van der Waals surface area contributed by atoms with Crippen molar-refractivity contribution < 1.29 is 4.79 Å². The number of halogens is 1. The molecular weight excluding hydrogens is 267 g/mol. The summed E-state index contributed by atoms with van der Waals surface area (Å²) in [4.78, 5) is 19.5. The molecular formula is C8H7IN2O. The van der Waals surface area contributed by atoms with E-state index in [9.17, 15) is 4.79 Å². The van der Waals surface area contributed by atoms with Crippen LogP contribution in [0.25, 0.3) is 0 Å². The van der Waals surface area contributed by atoms with Gasteiger partial charge in [0.25, 0.3) is 0 Å². The number of carbonyl (C=O) groups is 1. The molecule has 1 aromatic rings. The highest BCUT2D eigenvalue weighted by Crippen LogP contribution is 2.18. The molecule has 0 N–H and O–H groups in total. The van der Waals surface area contributed by atoms with Crippen molar-refractivity contribution in [3.63, 3.8) is 0 Å². The molecule has 1 aliphatic rings. The van der Waals surface area contributed by atoms with E-state index < -0.39 is 0 Å². The highest BCUT2D eigenvalue weighted by Gasteiger charge is 2.18. The summed E-state index contributed by atoms with van der Waals surface area (Å²) < 4.78 is 0.723. The summed E-state index contributed by atoms with van der Waals surface area (Å²) in [7, 11) is 0. The molecule has 0 radical (unpaired) electrons. The third-order valence-corrected chi connectivity index (χ3v) is 2.48. The second kappa shape index (κ2) is 3.08. The van der Waals surface area contributed by atoms with E-state index in [1.54, 1.807) is 6.20 Å². The number of hydrogen-bond donors (Lipinski definition) is 0. The lowest BCUT2D eigenvalue weighted by atomic mass is 9.96. The summed E-state index contributed by atoms with van der Waals surface area (Å²) >= 11 is 2.06. The SMILES string of the molecule is O=C1CCCc2nc(I)ncc21. The largest absolute Gasteiger partial charge is 0.294 e. The summed E-state index contributed by atoms with van der Waals surface area (Å²) in [6, 6.07) is 0. The van der Waals surface area contributed by atoms with Crippen molar-refractivity contribution in [2.75, 3.05) is 0 Å². The second-order valence-electron chi connectivity index (χ2n) is 2.78. The van der Waals surface area contributed by atoms with E-state index in [1.165, 1.54) is 0 Å². The van der Waals surface area contributed by atoms with Crippen LogP contribution < -0.4 is 0 Å². The van der Waals surface area contributed by atoms with Crippen molar-refractivity contribution in [1.29, 1.82) is 0 Å². The predicted molar refractivity (Wildman–Crippen MR) is 52.0 cm³/mol. The molecule has 2 rings (SSSR count). The highest BCUT2D eigenvalue weighted by molar-refractivity contribution is 14.1. The number of nitrogens with zero attached hydrogens (tertiary/aromatic N) is 2. The van der Waals surface area contributed by atoms with Gasteiger partial charge in [-0.05, 0) is 12.8 Å². The van der Waals surface area contributed by atoms with Crippen LogP contribution in [0.1, 0.15) is 28.9 Å². The third-order valence-electron chi connectivity index (χ3n) is 1.96. The Kier molecular flexibility index (Phi) is 2.08. The fraction of sp³-hybridized carbons (Fsp3) is 0.375. The van der Waals surface area contributed by atoms with Crippen LogP contribution >= 0.6 is 22.6 Å². The molecule has 3 nitrogen and oxygen atoms in total. The Morgan fingerprint density at radius 3 is 3.08 bits per heavy atom. The van der Waals surface area contributed by atoms with Crippen molar-refractivity contribution in [1.82, 2.24) is 9.97 Å². The zero-order valence-electron chi connectivity index (χ0n) is 6.38. The van der Waals surface area contributed by atoms with Gasteiger partial charge < -0.3 is 0 Å². The Bertz CT molecular complexity index is 338. The number of ketones is 1. The predicted octanol–water partition coefficient (Wildman–Crippen LogP) is 1.60. The van der Waals surface area contributed by atoms with E-state index in [1.807, 2.05) is 0 Å². The maximum absolute atomic E-state index is 11.3. The van der Waals surface area contributed by atoms with Gasteiger partial charge >= 0.3 is 0 Å². The van der Waals surface area contributed by atoms with Gasteiger partial charge in [-0.25, -0.2) is 9.97 Å². The van der Waals surface area contributed by atoms with Crippen molar-refractivity contribution in [3.8, 4) is 0 Å². The topological polar surface area (TPSA) is 42.9 Å². The summed E-state index contributed by atoms with van der Waals surface area (Å²) in [6.45, 7) is 0. The normalized spacial score (nSPS) is 15.9. The van der Waals surface area contributed by atoms with Gasteiger partial charge in [0.05, 0.1) is 11.3 Å². The van der Waals surface area contributed by atoms with Crippen LogP contribution in [-0.2, 0) is 6.42 Å². The molecule has 1 aromatic heterocycles. The van der Waals surface area contributed by atoms with Crippen molar-refractivity contribution in [3.05, 3.63) is 21.3 Å². The molecule has 1 aliphatic carbocycles. The maximum atomic E-state index is 11.3. The van der Waals surface area contributed by atoms with Gasteiger partial charge in [-0.15, -0.1) is 0 Å². The fourth-order valence-electron chi connectivity index (χ4n) is 1.37. The molecule has 62 valence electrons. The second-order valence-corrected chi connectivity index (χ2v) is 3.74. The average Bonchev–Trinajstić information content (AvgIpc) is 2.04. The van der Waals surface area contributed by atoms with Crippen LogP contribution in [0, 0.1) is 3.83 Å².